The maximum absolute atomic E-state index is 13.8. The highest BCUT2D eigenvalue weighted by molar-refractivity contribution is 6.19. The molecule has 7 atom stereocenters. The molecule has 2 aliphatic heterocycles. The highest BCUT2D eigenvalue weighted by Crippen LogP contribution is 2.62. The van der Waals surface area contributed by atoms with Crippen molar-refractivity contribution in [1.29, 1.82) is 0 Å². The normalized spacial score (nSPS) is 29.7. The summed E-state index contributed by atoms with van der Waals surface area (Å²) >= 11 is 0. The van der Waals surface area contributed by atoms with E-state index >= 15 is 0 Å². The number of ether oxygens (including phenoxy) is 2. The van der Waals surface area contributed by atoms with Gasteiger partial charge in [0, 0.05) is 37.5 Å². The molecule has 0 saturated heterocycles. The summed E-state index contributed by atoms with van der Waals surface area (Å²) in [6.45, 7) is 12.4. The SMILES string of the molecule is C=C1CCC2[C@](C)(CC[C@@H](O)[C@@]2(C)CO)C1CC(NC(C)C(=O)NC1=NCC=N1)C1=C/C(=C(/C(=O)OCC)c2ccc(N(C)C)cc2)OC1=O. The Kier molecular flexibility index (Phi) is 11.1. The molecule has 2 saturated carbocycles. The second-order valence-electron chi connectivity index (χ2n) is 14.6. The number of carbonyl (C=O) groups is 3. The predicted octanol–water partition coefficient (Wildman–Crippen LogP) is 3.55. The maximum atomic E-state index is 13.8. The number of nitrogens with zero attached hydrogens (tertiary/aromatic N) is 3. The molecule has 1 amide bonds. The number of aliphatic hydroxyl groups is 2. The number of carbonyl (C=O) groups excluding carboxylic acids is 3. The first-order valence-electron chi connectivity index (χ1n) is 17.5. The van der Waals surface area contributed by atoms with E-state index in [0.29, 0.717) is 37.8 Å². The van der Waals surface area contributed by atoms with Crippen LogP contribution >= 0.6 is 0 Å². The van der Waals surface area contributed by atoms with Crippen LogP contribution < -0.4 is 15.5 Å². The van der Waals surface area contributed by atoms with Gasteiger partial charge in [-0.1, -0.05) is 38.1 Å². The third-order valence-electron chi connectivity index (χ3n) is 11.3. The van der Waals surface area contributed by atoms with Gasteiger partial charge in [-0.05, 0) is 87.0 Å². The summed E-state index contributed by atoms with van der Waals surface area (Å²) in [5.41, 5.74) is 1.83. The van der Waals surface area contributed by atoms with Crippen molar-refractivity contribution in [3.05, 3.63) is 59.4 Å². The number of nitrogens with one attached hydrogen (secondary N) is 2. The van der Waals surface area contributed by atoms with Crippen LogP contribution in [0.3, 0.4) is 0 Å². The van der Waals surface area contributed by atoms with Crippen LogP contribution in [0.25, 0.3) is 5.57 Å². The van der Waals surface area contributed by atoms with E-state index < -0.39 is 35.5 Å². The third kappa shape index (κ3) is 7.19. The quantitative estimate of drug-likeness (QED) is 0.155. The summed E-state index contributed by atoms with van der Waals surface area (Å²) < 4.78 is 11.3. The Hall–Kier alpha value is -4.13. The van der Waals surface area contributed by atoms with Crippen LogP contribution in [0.15, 0.2) is 63.8 Å². The van der Waals surface area contributed by atoms with Gasteiger partial charge >= 0.3 is 11.9 Å². The van der Waals surface area contributed by atoms with Gasteiger partial charge in [-0.3, -0.25) is 15.4 Å². The van der Waals surface area contributed by atoms with Crippen LogP contribution in [-0.2, 0) is 23.9 Å². The minimum absolute atomic E-state index is 0.000572. The third-order valence-corrected chi connectivity index (χ3v) is 11.3. The number of hydrogen-bond donors (Lipinski definition) is 4. The molecule has 4 N–H and O–H groups in total. The van der Waals surface area contributed by atoms with Crippen LogP contribution in [0, 0.1) is 22.7 Å². The van der Waals surface area contributed by atoms with Crippen molar-refractivity contribution in [3.63, 3.8) is 0 Å². The molecule has 2 fully saturated rings. The van der Waals surface area contributed by atoms with E-state index in [9.17, 15) is 24.6 Å². The number of cyclic esters (lactones) is 1. The Balaban J connectivity index is 1.56. The minimum atomic E-state index is -0.778. The van der Waals surface area contributed by atoms with Crippen LogP contribution in [-0.4, -0.2) is 92.3 Å². The number of esters is 2. The molecular formula is C38H51N5O7. The van der Waals surface area contributed by atoms with E-state index in [4.69, 9.17) is 9.47 Å². The lowest BCUT2D eigenvalue weighted by atomic mass is 9.46. The monoisotopic (exact) mass is 689 g/mol. The molecule has 4 unspecified atom stereocenters. The van der Waals surface area contributed by atoms with Crippen molar-refractivity contribution in [2.45, 2.75) is 78.0 Å². The zero-order valence-electron chi connectivity index (χ0n) is 30.0. The number of fused-ring (bicyclic) bond motifs is 1. The second kappa shape index (κ2) is 15.0. The van der Waals surface area contributed by atoms with Crippen LogP contribution in [0.4, 0.5) is 5.69 Å². The standard InChI is InChI=1S/C38H51N5O7/c1-8-49-35(48)32(24-10-12-25(13-11-24)43(6)7)29-19-26(34(47)50-29)28(41-23(3)33(46)42-36-39-17-18-40-36)20-27-22(2)9-14-30-37(27,4)16-15-31(45)38(30,5)21-44/h10-13,17,19,23,27-28,30-31,41,44-45H,2,8-9,14-16,18,20-21H2,1,3-7H3,(H,40,42,46)/b32-29-/t23?,27?,28?,30?,31-,37-,38+/m1/s1. The summed E-state index contributed by atoms with van der Waals surface area (Å²) in [5, 5.41) is 27.7. The molecule has 0 aromatic heterocycles. The van der Waals surface area contributed by atoms with Crippen molar-refractivity contribution < 1.29 is 34.1 Å². The summed E-state index contributed by atoms with van der Waals surface area (Å²) in [4.78, 5) is 50.7. The van der Waals surface area contributed by atoms with E-state index in [-0.39, 0.29) is 59.2 Å². The molecule has 0 radical (unpaired) electrons. The van der Waals surface area contributed by atoms with Crippen molar-refractivity contribution in [2.24, 2.45) is 32.7 Å². The number of aliphatic hydroxyl groups excluding tert-OH is 2. The molecule has 0 spiro atoms. The molecule has 1 aromatic rings. The van der Waals surface area contributed by atoms with E-state index in [2.05, 4.69) is 34.1 Å². The smallest absolute Gasteiger partial charge is 0.342 e. The second-order valence-corrected chi connectivity index (χ2v) is 14.6. The number of rotatable bonds is 11. The van der Waals surface area contributed by atoms with Crippen LogP contribution in [0.1, 0.15) is 65.4 Å². The number of amides is 1. The van der Waals surface area contributed by atoms with Gasteiger partial charge in [0.25, 0.3) is 0 Å². The van der Waals surface area contributed by atoms with E-state index in [1.807, 2.05) is 38.1 Å². The zero-order chi connectivity index (χ0) is 36.4. The molecule has 5 rings (SSSR count). The topological polar surface area (TPSA) is 162 Å². The first-order valence-corrected chi connectivity index (χ1v) is 17.5. The molecule has 0 bridgehead atoms. The number of guanidine groups is 1. The first-order chi connectivity index (χ1) is 23.7. The predicted molar refractivity (Wildman–Crippen MR) is 192 cm³/mol. The Morgan fingerprint density at radius 3 is 2.54 bits per heavy atom. The fraction of sp³-hybridized carbons (Fsp3) is 0.553. The molecule has 12 nitrogen and oxygen atoms in total. The van der Waals surface area contributed by atoms with Gasteiger partial charge in [0.15, 0.2) is 0 Å². The Morgan fingerprint density at radius 1 is 1.20 bits per heavy atom. The summed E-state index contributed by atoms with van der Waals surface area (Å²) in [7, 11) is 3.83. The molecule has 2 heterocycles. The number of anilines is 1. The lowest BCUT2D eigenvalue weighted by Crippen LogP contribution is -2.58. The van der Waals surface area contributed by atoms with Gasteiger partial charge in [-0.15, -0.1) is 0 Å². The molecular weight excluding hydrogens is 638 g/mol. The van der Waals surface area contributed by atoms with Crippen molar-refractivity contribution in [1.82, 2.24) is 10.6 Å². The largest absolute Gasteiger partial charge is 0.462 e. The van der Waals surface area contributed by atoms with Gasteiger partial charge in [0.2, 0.25) is 11.9 Å². The summed E-state index contributed by atoms with van der Waals surface area (Å²) in [5.74, 6) is -1.46. The highest BCUT2D eigenvalue weighted by Gasteiger charge is 2.58. The number of allylic oxidation sites excluding steroid dienone is 2. The molecule has 4 aliphatic rings. The van der Waals surface area contributed by atoms with E-state index in [0.717, 1.165) is 17.7 Å². The Labute approximate surface area is 294 Å². The molecule has 1 aromatic carbocycles. The molecule has 270 valence electrons. The lowest BCUT2D eigenvalue weighted by molar-refractivity contribution is -0.153. The van der Waals surface area contributed by atoms with Crippen molar-refractivity contribution >= 4 is 41.3 Å². The summed E-state index contributed by atoms with van der Waals surface area (Å²) in [6.07, 6.45) is 5.67. The number of aliphatic imine (C=N–C) groups is 2. The van der Waals surface area contributed by atoms with Crippen molar-refractivity contribution in [2.75, 3.05) is 38.8 Å². The summed E-state index contributed by atoms with van der Waals surface area (Å²) in [6, 6.07) is 5.83. The molecule has 50 heavy (non-hydrogen) atoms. The van der Waals surface area contributed by atoms with E-state index in [1.165, 1.54) is 0 Å². The van der Waals surface area contributed by atoms with Gasteiger partial charge in [-0.25, -0.2) is 19.6 Å². The minimum Gasteiger partial charge on any atom is -0.462 e. The molecule has 2 aliphatic carbocycles. The Bertz CT molecular complexity index is 1630. The maximum Gasteiger partial charge on any atom is 0.342 e. The van der Waals surface area contributed by atoms with Gasteiger partial charge < -0.3 is 24.6 Å². The fourth-order valence-electron chi connectivity index (χ4n) is 8.36. The van der Waals surface area contributed by atoms with Gasteiger partial charge in [-0.2, -0.15) is 0 Å². The highest BCUT2D eigenvalue weighted by atomic mass is 16.6. The number of benzene rings is 1. The molecule has 12 heteroatoms. The number of hydrogen-bond acceptors (Lipinski definition) is 11. The fourth-order valence-corrected chi connectivity index (χ4v) is 8.36. The van der Waals surface area contributed by atoms with Crippen molar-refractivity contribution in [3.8, 4) is 0 Å². The van der Waals surface area contributed by atoms with E-state index in [1.54, 1.807) is 38.3 Å². The average Bonchev–Trinajstić information content (AvgIpc) is 3.74. The average molecular weight is 690 g/mol. The Morgan fingerprint density at radius 2 is 1.92 bits per heavy atom. The zero-order valence-corrected chi connectivity index (χ0v) is 30.0. The van der Waals surface area contributed by atoms with Gasteiger partial charge in [0.05, 0.1) is 37.5 Å². The van der Waals surface area contributed by atoms with Crippen LogP contribution in [0.5, 0.6) is 0 Å². The lowest BCUT2D eigenvalue weighted by Gasteiger charge is -2.60. The van der Waals surface area contributed by atoms with Crippen LogP contribution in [0.2, 0.25) is 0 Å². The van der Waals surface area contributed by atoms with Gasteiger partial charge in [0.1, 0.15) is 11.3 Å². The first kappa shape index (κ1) is 37.1.